The number of nitrogens with zero attached hydrogens (tertiary/aromatic N) is 2. The van der Waals surface area contributed by atoms with E-state index in [2.05, 4.69) is 22.2 Å². The first kappa shape index (κ1) is 13.5. The Morgan fingerprint density at radius 2 is 2.05 bits per heavy atom. The lowest BCUT2D eigenvalue weighted by Crippen LogP contribution is -2.04. The number of aryl methyl sites for hydroxylation is 2. The van der Waals surface area contributed by atoms with E-state index in [9.17, 15) is 4.79 Å². The van der Waals surface area contributed by atoms with Gasteiger partial charge in [-0.2, -0.15) is 0 Å². The number of aromatic nitrogens is 2. The van der Waals surface area contributed by atoms with Crippen molar-refractivity contribution in [3.63, 3.8) is 0 Å². The van der Waals surface area contributed by atoms with E-state index in [0.29, 0.717) is 17.9 Å². The van der Waals surface area contributed by atoms with E-state index in [0.717, 1.165) is 17.7 Å². The van der Waals surface area contributed by atoms with Crippen LogP contribution in [-0.2, 0) is 6.42 Å². The fourth-order valence-corrected chi connectivity index (χ4v) is 2.08. The molecule has 2 aromatic rings. The first-order valence-corrected chi connectivity index (χ1v) is 6.37. The molecule has 1 aromatic heterocycles. The Morgan fingerprint density at radius 1 is 1.32 bits per heavy atom. The standard InChI is InChI=1S/C14H14ClN3O/c1-3-10-6-4-5-7-12(10)18-14-11(8-19)13(15)16-9(2)17-14/h4-8H,3H2,1-2H3,(H,16,17,18). The summed E-state index contributed by atoms with van der Waals surface area (Å²) in [5, 5.41) is 3.32. The van der Waals surface area contributed by atoms with Gasteiger partial charge in [-0.15, -0.1) is 0 Å². The van der Waals surface area contributed by atoms with Crippen molar-refractivity contribution in [1.29, 1.82) is 0 Å². The van der Waals surface area contributed by atoms with Crippen LogP contribution in [0.5, 0.6) is 0 Å². The molecule has 0 radical (unpaired) electrons. The van der Waals surface area contributed by atoms with Crippen LogP contribution in [0, 0.1) is 6.92 Å². The fourth-order valence-electron chi connectivity index (χ4n) is 1.82. The molecule has 98 valence electrons. The maximum atomic E-state index is 11.1. The molecule has 5 heteroatoms. The molecule has 0 aliphatic rings. The van der Waals surface area contributed by atoms with Gasteiger partial charge in [-0.05, 0) is 25.0 Å². The molecule has 0 saturated carbocycles. The van der Waals surface area contributed by atoms with Crippen LogP contribution in [0.15, 0.2) is 24.3 Å². The third kappa shape index (κ3) is 2.90. The van der Waals surface area contributed by atoms with Crippen LogP contribution in [0.4, 0.5) is 11.5 Å². The maximum absolute atomic E-state index is 11.1. The van der Waals surface area contributed by atoms with Gasteiger partial charge in [-0.25, -0.2) is 9.97 Å². The van der Waals surface area contributed by atoms with Crippen LogP contribution >= 0.6 is 11.6 Å². The first-order chi connectivity index (χ1) is 9.15. The van der Waals surface area contributed by atoms with Gasteiger partial charge in [0.15, 0.2) is 6.29 Å². The zero-order valence-corrected chi connectivity index (χ0v) is 11.5. The summed E-state index contributed by atoms with van der Waals surface area (Å²) < 4.78 is 0. The highest BCUT2D eigenvalue weighted by molar-refractivity contribution is 6.32. The lowest BCUT2D eigenvalue weighted by Gasteiger charge is -2.12. The number of hydrogen-bond acceptors (Lipinski definition) is 4. The smallest absolute Gasteiger partial charge is 0.156 e. The van der Waals surface area contributed by atoms with E-state index in [4.69, 9.17) is 11.6 Å². The Hall–Kier alpha value is -1.94. The van der Waals surface area contributed by atoms with E-state index in [1.54, 1.807) is 6.92 Å². The fraction of sp³-hybridized carbons (Fsp3) is 0.214. The number of para-hydroxylation sites is 1. The maximum Gasteiger partial charge on any atom is 0.156 e. The Morgan fingerprint density at radius 3 is 2.74 bits per heavy atom. The molecule has 0 spiro atoms. The van der Waals surface area contributed by atoms with Crippen molar-refractivity contribution in [2.75, 3.05) is 5.32 Å². The first-order valence-electron chi connectivity index (χ1n) is 6.00. The number of nitrogens with one attached hydrogen (secondary N) is 1. The van der Waals surface area contributed by atoms with Gasteiger partial charge < -0.3 is 5.32 Å². The van der Waals surface area contributed by atoms with Gasteiger partial charge in [0.2, 0.25) is 0 Å². The molecule has 0 atom stereocenters. The number of carbonyl (C=O) groups excluding carboxylic acids is 1. The van der Waals surface area contributed by atoms with Gasteiger partial charge in [0.05, 0.1) is 5.56 Å². The van der Waals surface area contributed by atoms with Gasteiger partial charge in [-0.1, -0.05) is 36.7 Å². The van der Waals surface area contributed by atoms with Crippen molar-refractivity contribution in [2.24, 2.45) is 0 Å². The monoisotopic (exact) mass is 275 g/mol. The summed E-state index contributed by atoms with van der Waals surface area (Å²) in [6, 6.07) is 7.87. The number of hydrogen-bond donors (Lipinski definition) is 1. The second-order valence-electron chi connectivity index (χ2n) is 4.08. The Balaban J connectivity index is 2.46. The van der Waals surface area contributed by atoms with Gasteiger partial charge in [0, 0.05) is 5.69 Å². The van der Waals surface area contributed by atoms with Crippen LogP contribution in [0.25, 0.3) is 0 Å². The number of carbonyl (C=O) groups is 1. The Kier molecular flexibility index (Phi) is 4.12. The Labute approximate surface area is 116 Å². The number of rotatable bonds is 4. The van der Waals surface area contributed by atoms with E-state index >= 15 is 0 Å². The second kappa shape index (κ2) is 5.80. The third-order valence-corrected chi connectivity index (χ3v) is 3.07. The van der Waals surface area contributed by atoms with Crippen LogP contribution < -0.4 is 5.32 Å². The average Bonchev–Trinajstić information content (AvgIpc) is 2.39. The SMILES string of the molecule is CCc1ccccc1Nc1nc(C)nc(Cl)c1C=O. The molecule has 4 nitrogen and oxygen atoms in total. The minimum atomic E-state index is 0.166. The summed E-state index contributed by atoms with van der Waals surface area (Å²) >= 11 is 5.95. The zero-order valence-electron chi connectivity index (χ0n) is 10.8. The predicted molar refractivity (Wildman–Crippen MR) is 76.3 cm³/mol. The van der Waals surface area contributed by atoms with Gasteiger partial charge in [0.25, 0.3) is 0 Å². The molecule has 19 heavy (non-hydrogen) atoms. The van der Waals surface area contributed by atoms with Gasteiger partial charge in [-0.3, -0.25) is 4.79 Å². The van der Waals surface area contributed by atoms with E-state index < -0.39 is 0 Å². The molecule has 1 heterocycles. The Bertz CT molecular complexity index is 614. The van der Waals surface area contributed by atoms with Crippen LogP contribution in [0.1, 0.15) is 28.7 Å². The van der Waals surface area contributed by atoms with E-state index in [-0.39, 0.29) is 10.7 Å². The van der Waals surface area contributed by atoms with Crippen LogP contribution in [0.3, 0.4) is 0 Å². The highest BCUT2D eigenvalue weighted by Crippen LogP contribution is 2.25. The highest BCUT2D eigenvalue weighted by Gasteiger charge is 2.12. The normalized spacial score (nSPS) is 10.3. The quantitative estimate of drug-likeness (QED) is 0.685. The summed E-state index contributed by atoms with van der Waals surface area (Å²) in [5.41, 5.74) is 2.34. The summed E-state index contributed by atoms with van der Waals surface area (Å²) in [6.45, 7) is 3.80. The number of aldehydes is 1. The molecule has 0 bridgehead atoms. The molecule has 0 saturated heterocycles. The molecule has 0 aliphatic heterocycles. The topological polar surface area (TPSA) is 54.9 Å². The van der Waals surface area contributed by atoms with E-state index in [1.165, 1.54) is 0 Å². The largest absolute Gasteiger partial charge is 0.339 e. The van der Waals surface area contributed by atoms with Crippen LogP contribution in [-0.4, -0.2) is 16.3 Å². The minimum absolute atomic E-state index is 0.166. The van der Waals surface area contributed by atoms with Crippen molar-refractivity contribution >= 4 is 29.4 Å². The molecule has 2 rings (SSSR count). The summed E-state index contributed by atoms with van der Waals surface area (Å²) in [4.78, 5) is 19.3. The van der Waals surface area contributed by atoms with Crippen molar-refractivity contribution in [3.8, 4) is 0 Å². The molecule has 0 amide bonds. The third-order valence-electron chi connectivity index (χ3n) is 2.78. The molecule has 0 unspecified atom stereocenters. The highest BCUT2D eigenvalue weighted by atomic mass is 35.5. The summed E-state index contributed by atoms with van der Waals surface area (Å²) in [6.07, 6.45) is 1.55. The number of benzene rings is 1. The lowest BCUT2D eigenvalue weighted by molar-refractivity contribution is 0.112. The molecular weight excluding hydrogens is 262 g/mol. The second-order valence-corrected chi connectivity index (χ2v) is 4.44. The van der Waals surface area contributed by atoms with Crippen molar-refractivity contribution in [3.05, 3.63) is 46.4 Å². The zero-order chi connectivity index (χ0) is 13.8. The minimum Gasteiger partial charge on any atom is -0.339 e. The van der Waals surface area contributed by atoms with Crippen molar-refractivity contribution < 1.29 is 4.79 Å². The van der Waals surface area contributed by atoms with Gasteiger partial charge >= 0.3 is 0 Å². The number of halogens is 1. The van der Waals surface area contributed by atoms with Crippen LogP contribution in [0.2, 0.25) is 5.15 Å². The summed E-state index contributed by atoms with van der Waals surface area (Å²) in [7, 11) is 0. The molecule has 1 aromatic carbocycles. The number of anilines is 2. The van der Waals surface area contributed by atoms with E-state index in [1.807, 2.05) is 24.3 Å². The summed E-state index contributed by atoms with van der Waals surface area (Å²) in [5.74, 6) is 0.959. The lowest BCUT2D eigenvalue weighted by atomic mass is 10.1. The van der Waals surface area contributed by atoms with Gasteiger partial charge in [0.1, 0.15) is 16.8 Å². The molecular formula is C14H14ClN3O. The predicted octanol–water partition coefficient (Wildman–Crippen LogP) is 3.56. The molecule has 0 aliphatic carbocycles. The molecule has 0 fully saturated rings. The van der Waals surface area contributed by atoms with Crippen molar-refractivity contribution in [1.82, 2.24) is 9.97 Å². The molecule has 1 N–H and O–H groups in total. The van der Waals surface area contributed by atoms with Crippen molar-refractivity contribution in [2.45, 2.75) is 20.3 Å². The average molecular weight is 276 g/mol.